The van der Waals surface area contributed by atoms with E-state index in [1.54, 1.807) is 0 Å². The summed E-state index contributed by atoms with van der Waals surface area (Å²) in [6, 6.07) is 2.44. The molecule has 0 unspecified atom stereocenters. The van der Waals surface area contributed by atoms with Gasteiger partial charge in [0.1, 0.15) is 11.6 Å². The summed E-state index contributed by atoms with van der Waals surface area (Å²) in [7, 11) is 1.28. The lowest BCUT2D eigenvalue weighted by Crippen LogP contribution is -1.96. The second-order valence-corrected chi connectivity index (χ2v) is 3.03. The van der Waals surface area contributed by atoms with Crippen LogP contribution in [0.1, 0.15) is 5.56 Å². The monoisotopic (exact) mass is 247 g/mol. The van der Waals surface area contributed by atoms with E-state index in [4.69, 9.17) is 10.00 Å². The Labute approximate surface area is 81.9 Å². The predicted octanol–water partition coefficient (Wildman–Crippen LogP) is 2.61. The van der Waals surface area contributed by atoms with Gasteiger partial charge in [-0.3, -0.25) is 0 Å². The number of nitrogens with zero attached hydrogens (tertiary/aromatic N) is 1. The number of hydrogen-bond donors (Lipinski definition) is 0. The molecule has 2 nitrogen and oxygen atoms in total. The van der Waals surface area contributed by atoms with Gasteiger partial charge in [-0.1, -0.05) is 0 Å². The second kappa shape index (κ2) is 3.71. The van der Waals surface area contributed by atoms with Crippen LogP contribution in [-0.4, -0.2) is 7.11 Å². The van der Waals surface area contributed by atoms with Crippen LogP contribution in [0.25, 0.3) is 0 Å². The second-order valence-electron chi connectivity index (χ2n) is 2.17. The zero-order chi connectivity index (χ0) is 10.0. The third-order valence-electron chi connectivity index (χ3n) is 1.44. The summed E-state index contributed by atoms with van der Waals surface area (Å²) in [5.74, 6) is -2.27. The minimum Gasteiger partial charge on any atom is -0.494 e. The maximum absolute atomic E-state index is 12.9. The van der Waals surface area contributed by atoms with Crippen molar-refractivity contribution in [1.29, 1.82) is 5.26 Å². The van der Waals surface area contributed by atoms with Crippen LogP contribution in [0.3, 0.4) is 0 Å². The van der Waals surface area contributed by atoms with Crippen LogP contribution < -0.4 is 4.74 Å². The Morgan fingerprint density at radius 1 is 1.54 bits per heavy atom. The van der Waals surface area contributed by atoms with E-state index in [1.807, 2.05) is 0 Å². The van der Waals surface area contributed by atoms with E-state index in [9.17, 15) is 8.78 Å². The predicted molar refractivity (Wildman–Crippen MR) is 45.3 cm³/mol. The number of ether oxygens (including phenoxy) is 1. The Bertz CT molecular complexity index is 387. The minimum absolute atomic E-state index is 0.00130. The van der Waals surface area contributed by atoms with Gasteiger partial charge < -0.3 is 4.74 Å². The van der Waals surface area contributed by atoms with Crippen molar-refractivity contribution in [3.05, 3.63) is 27.7 Å². The van der Waals surface area contributed by atoms with Gasteiger partial charge in [-0.15, -0.1) is 0 Å². The highest BCUT2D eigenvalue weighted by Gasteiger charge is 2.17. The fourth-order valence-corrected chi connectivity index (χ4v) is 1.44. The van der Waals surface area contributed by atoms with Crippen LogP contribution >= 0.6 is 15.9 Å². The van der Waals surface area contributed by atoms with Crippen molar-refractivity contribution < 1.29 is 13.5 Å². The van der Waals surface area contributed by atoms with Gasteiger partial charge in [0.25, 0.3) is 0 Å². The summed E-state index contributed by atoms with van der Waals surface area (Å²) in [6.07, 6.45) is 0. The first-order chi connectivity index (χ1) is 6.11. The number of halogens is 3. The Morgan fingerprint density at radius 3 is 2.62 bits per heavy atom. The Morgan fingerprint density at radius 2 is 2.15 bits per heavy atom. The lowest BCUT2D eigenvalue weighted by molar-refractivity contribution is 0.401. The van der Waals surface area contributed by atoms with Gasteiger partial charge >= 0.3 is 0 Å². The molecule has 13 heavy (non-hydrogen) atoms. The van der Waals surface area contributed by atoms with Crippen molar-refractivity contribution >= 4 is 15.9 Å². The van der Waals surface area contributed by atoms with Crippen molar-refractivity contribution in [2.24, 2.45) is 0 Å². The number of methoxy groups -OCH3 is 1. The summed E-state index contributed by atoms with van der Waals surface area (Å²) >= 11 is 2.95. The van der Waals surface area contributed by atoms with E-state index >= 15 is 0 Å². The summed E-state index contributed by atoms with van der Waals surface area (Å²) in [4.78, 5) is 0. The minimum atomic E-state index is -1.19. The van der Waals surface area contributed by atoms with Gasteiger partial charge in [-0.2, -0.15) is 5.26 Å². The molecular weight excluding hydrogens is 244 g/mol. The Kier molecular flexibility index (Phi) is 2.83. The van der Waals surface area contributed by atoms with E-state index < -0.39 is 17.2 Å². The third kappa shape index (κ3) is 1.63. The largest absolute Gasteiger partial charge is 0.494 e. The van der Waals surface area contributed by atoms with Gasteiger partial charge in [-0.05, 0) is 22.0 Å². The molecule has 1 aromatic rings. The van der Waals surface area contributed by atoms with E-state index in [-0.39, 0.29) is 10.2 Å². The van der Waals surface area contributed by atoms with Crippen LogP contribution in [0.15, 0.2) is 10.5 Å². The van der Waals surface area contributed by atoms with Crippen LogP contribution in [0.5, 0.6) is 5.75 Å². The Balaban J connectivity index is 3.53. The topological polar surface area (TPSA) is 33.0 Å². The van der Waals surface area contributed by atoms with E-state index in [2.05, 4.69) is 15.9 Å². The molecule has 0 saturated heterocycles. The SMILES string of the molecule is COc1c(Br)cc(F)c(F)c1C#N. The van der Waals surface area contributed by atoms with Crippen molar-refractivity contribution in [3.8, 4) is 11.8 Å². The maximum Gasteiger partial charge on any atom is 0.180 e. The average Bonchev–Trinajstić information content (AvgIpc) is 2.10. The fourth-order valence-electron chi connectivity index (χ4n) is 0.878. The highest BCUT2D eigenvalue weighted by molar-refractivity contribution is 9.10. The molecule has 1 aromatic carbocycles. The lowest BCUT2D eigenvalue weighted by Gasteiger charge is -2.06. The number of nitriles is 1. The van der Waals surface area contributed by atoms with E-state index in [1.165, 1.54) is 13.2 Å². The summed E-state index contributed by atoms with van der Waals surface area (Å²) < 4.78 is 30.6. The van der Waals surface area contributed by atoms with E-state index in [0.29, 0.717) is 0 Å². The first-order valence-electron chi connectivity index (χ1n) is 3.23. The molecule has 0 N–H and O–H groups in total. The van der Waals surface area contributed by atoms with Crippen LogP contribution in [0.4, 0.5) is 8.78 Å². The van der Waals surface area contributed by atoms with Gasteiger partial charge in [0.05, 0.1) is 11.6 Å². The molecule has 0 saturated carbocycles. The zero-order valence-electron chi connectivity index (χ0n) is 6.57. The molecule has 0 heterocycles. The molecule has 1 rings (SSSR count). The molecule has 0 aromatic heterocycles. The molecule has 0 radical (unpaired) electrons. The number of rotatable bonds is 1. The molecule has 0 aliphatic heterocycles. The normalized spacial score (nSPS) is 9.46. The molecule has 0 bridgehead atoms. The average molecular weight is 248 g/mol. The summed E-state index contributed by atoms with van der Waals surface area (Å²) in [6.45, 7) is 0. The highest BCUT2D eigenvalue weighted by Crippen LogP contribution is 2.31. The van der Waals surface area contributed by atoms with Crippen molar-refractivity contribution in [3.63, 3.8) is 0 Å². The van der Waals surface area contributed by atoms with Crippen LogP contribution in [0.2, 0.25) is 0 Å². The highest BCUT2D eigenvalue weighted by atomic mass is 79.9. The molecule has 68 valence electrons. The smallest absolute Gasteiger partial charge is 0.180 e. The molecular formula is C8H4BrF2NO. The standard InChI is InChI=1S/C8H4BrF2NO/c1-13-8-4(3-12)7(11)6(10)2-5(8)9/h2H,1H3. The van der Waals surface area contributed by atoms with E-state index in [0.717, 1.165) is 6.07 Å². The fraction of sp³-hybridized carbons (Fsp3) is 0.125. The molecule has 0 fully saturated rings. The number of benzene rings is 1. The first kappa shape index (κ1) is 9.93. The summed E-state index contributed by atoms with van der Waals surface area (Å²) in [5, 5.41) is 8.52. The maximum atomic E-state index is 12.9. The number of hydrogen-bond acceptors (Lipinski definition) is 2. The van der Waals surface area contributed by atoms with Gasteiger partial charge in [0, 0.05) is 0 Å². The quantitative estimate of drug-likeness (QED) is 0.715. The molecule has 0 aliphatic carbocycles. The Hall–Kier alpha value is -1.15. The van der Waals surface area contributed by atoms with Crippen molar-refractivity contribution in [1.82, 2.24) is 0 Å². The zero-order valence-corrected chi connectivity index (χ0v) is 8.15. The summed E-state index contributed by atoms with van der Waals surface area (Å²) in [5.41, 5.74) is -0.436. The van der Waals surface area contributed by atoms with Crippen LogP contribution in [0, 0.1) is 23.0 Å². The molecule has 0 amide bonds. The molecule has 5 heteroatoms. The van der Waals surface area contributed by atoms with Crippen molar-refractivity contribution in [2.45, 2.75) is 0 Å². The molecule has 0 atom stereocenters. The lowest BCUT2D eigenvalue weighted by atomic mass is 10.2. The first-order valence-corrected chi connectivity index (χ1v) is 4.02. The van der Waals surface area contributed by atoms with Gasteiger partial charge in [0.2, 0.25) is 0 Å². The van der Waals surface area contributed by atoms with Crippen LogP contribution in [-0.2, 0) is 0 Å². The third-order valence-corrected chi connectivity index (χ3v) is 2.03. The molecule has 0 aliphatic rings. The van der Waals surface area contributed by atoms with Gasteiger partial charge in [-0.25, -0.2) is 8.78 Å². The van der Waals surface area contributed by atoms with Gasteiger partial charge in [0.15, 0.2) is 17.4 Å². The van der Waals surface area contributed by atoms with Crippen molar-refractivity contribution in [2.75, 3.05) is 7.11 Å². The molecule has 0 spiro atoms.